The molecule has 0 radical (unpaired) electrons. The van der Waals surface area contributed by atoms with Crippen molar-refractivity contribution in [1.82, 2.24) is 0 Å². The summed E-state index contributed by atoms with van der Waals surface area (Å²) in [6, 6.07) is 6.68. The van der Waals surface area contributed by atoms with Crippen LogP contribution in [0.5, 0.6) is 0 Å². The molecule has 2 aromatic rings. The summed E-state index contributed by atoms with van der Waals surface area (Å²) >= 11 is 8.05. The number of benzene rings is 2. The molecule has 0 atom stereocenters. The molecule has 0 bridgehead atoms. The molecule has 0 saturated carbocycles. The number of rotatable bonds is 4. The lowest BCUT2D eigenvalue weighted by Gasteiger charge is -2.15. The SMILES string of the molecule is NS(=O)(=O)Nc1ccc(F)c(F)c1Nc1ccc(I)cc1Cl. The van der Waals surface area contributed by atoms with Crippen molar-refractivity contribution in [3.8, 4) is 0 Å². The first kappa shape index (κ1) is 17.2. The highest BCUT2D eigenvalue weighted by Gasteiger charge is 2.17. The molecule has 0 saturated heterocycles. The lowest BCUT2D eigenvalue weighted by molar-refractivity contribution is 0.512. The molecule has 0 fully saturated rings. The van der Waals surface area contributed by atoms with Gasteiger partial charge in [-0.15, -0.1) is 0 Å². The summed E-state index contributed by atoms with van der Waals surface area (Å²) in [5.74, 6) is -2.41. The maximum atomic E-state index is 14.0. The van der Waals surface area contributed by atoms with Gasteiger partial charge in [0.1, 0.15) is 5.69 Å². The van der Waals surface area contributed by atoms with Crippen LogP contribution in [-0.4, -0.2) is 8.42 Å². The molecule has 0 amide bonds. The second-order valence-corrected chi connectivity index (χ2v) is 7.13. The van der Waals surface area contributed by atoms with Crippen LogP contribution in [0.4, 0.5) is 25.8 Å². The molecule has 2 aromatic carbocycles. The van der Waals surface area contributed by atoms with Crippen molar-refractivity contribution >= 4 is 61.5 Å². The Morgan fingerprint density at radius 2 is 1.77 bits per heavy atom. The van der Waals surface area contributed by atoms with Crippen molar-refractivity contribution in [1.29, 1.82) is 0 Å². The van der Waals surface area contributed by atoms with Crippen molar-refractivity contribution in [3.05, 3.63) is 50.6 Å². The van der Waals surface area contributed by atoms with Crippen LogP contribution in [0.25, 0.3) is 0 Å². The number of hydrogen-bond acceptors (Lipinski definition) is 3. The smallest absolute Gasteiger partial charge is 0.296 e. The molecule has 2 rings (SSSR count). The Morgan fingerprint density at radius 3 is 2.36 bits per heavy atom. The Hall–Kier alpha value is -1.17. The van der Waals surface area contributed by atoms with E-state index in [1.165, 1.54) is 0 Å². The van der Waals surface area contributed by atoms with E-state index in [2.05, 4.69) is 5.32 Å². The zero-order valence-corrected chi connectivity index (χ0v) is 14.4. The van der Waals surface area contributed by atoms with Crippen molar-refractivity contribution in [2.45, 2.75) is 0 Å². The fraction of sp³-hybridized carbons (Fsp3) is 0. The van der Waals surface area contributed by atoms with E-state index < -0.39 is 27.5 Å². The Balaban J connectivity index is 2.50. The largest absolute Gasteiger partial charge is 0.350 e. The Morgan fingerprint density at radius 1 is 1.14 bits per heavy atom. The molecule has 5 nitrogen and oxygen atoms in total. The maximum absolute atomic E-state index is 14.0. The fourth-order valence-electron chi connectivity index (χ4n) is 1.64. The second-order valence-electron chi connectivity index (χ2n) is 4.18. The van der Waals surface area contributed by atoms with E-state index in [1.807, 2.05) is 27.3 Å². The predicted molar refractivity (Wildman–Crippen MR) is 90.5 cm³/mol. The maximum Gasteiger partial charge on any atom is 0.296 e. The number of hydrogen-bond donors (Lipinski definition) is 3. The van der Waals surface area contributed by atoms with E-state index in [1.54, 1.807) is 18.2 Å². The van der Waals surface area contributed by atoms with Crippen molar-refractivity contribution in [2.24, 2.45) is 5.14 Å². The topological polar surface area (TPSA) is 84.2 Å². The molecule has 0 heterocycles. The molecular weight excluding hydrogens is 451 g/mol. The van der Waals surface area contributed by atoms with Gasteiger partial charge < -0.3 is 5.32 Å². The molecule has 0 aromatic heterocycles. The highest BCUT2D eigenvalue weighted by Crippen LogP contribution is 2.34. The molecule has 0 aliphatic heterocycles. The third-order valence-electron chi connectivity index (χ3n) is 2.54. The van der Waals surface area contributed by atoms with Gasteiger partial charge in [-0.3, -0.25) is 4.72 Å². The summed E-state index contributed by atoms with van der Waals surface area (Å²) in [4.78, 5) is 0. The minimum atomic E-state index is -4.15. The van der Waals surface area contributed by atoms with Gasteiger partial charge in [0.2, 0.25) is 0 Å². The second kappa shape index (κ2) is 6.52. The molecule has 0 spiro atoms. The van der Waals surface area contributed by atoms with E-state index in [0.29, 0.717) is 0 Å². The molecule has 0 unspecified atom stereocenters. The molecule has 118 valence electrons. The average molecular weight is 460 g/mol. The molecule has 4 N–H and O–H groups in total. The highest BCUT2D eigenvalue weighted by molar-refractivity contribution is 14.1. The average Bonchev–Trinajstić information content (AvgIpc) is 2.39. The van der Waals surface area contributed by atoms with Gasteiger partial charge in [-0.25, -0.2) is 13.9 Å². The van der Waals surface area contributed by atoms with Crippen LogP contribution in [0.2, 0.25) is 5.02 Å². The summed E-state index contributed by atoms with van der Waals surface area (Å²) < 4.78 is 52.3. The first-order valence-corrected chi connectivity index (χ1v) is 8.68. The lowest BCUT2D eigenvalue weighted by atomic mass is 10.2. The highest BCUT2D eigenvalue weighted by atomic mass is 127. The van der Waals surface area contributed by atoms with Crippen LogP contribution >= 0.6 is 34.2 Å². The van der Waals surface area contributed by atoms with Gasteiger partial charge in [0, 0.05) is 3.57 Å². The monoisotopic (exact) mass is 459 g/mol. The van der Waals surface area contributed by atoms with E-state index in [4.69, 9.17) is 16.7 Å². The van der Waals surface area contributed by atoms with Crippen LogP contribution in [0.1, 0.15) is 0 Å². The lowest BCUT2D eigenvalue weighted by Crippen LogP contribution is -2.22. The van der Waals surface area contributed by atoms with E-state index in [0.717, 1.165) is 15.7 Å². The van der Waals surface area contributed by atoms with Crippen LogP contribution in [0.3, 0.4) is 0 Å². The molecule has 0 aliphatic rings. The molecule has 22 heavy (non-hydrogen) atoms. The number of anilines is 3. The Kier molecular flexibility index (Phi) is 5.10. The van der Waals surface area contributed by atoms with Crippen molar-refractivity contribution in [2.75, 3.05) is 10.0 Å². The van der Waals surface area contributed by atoms with Gasteiger partial charge in [-0.1, -0.05) is 11.6 Å². The van der Waals surface area contributed by atoms with E-state index in [-0.39, 0.29) is 16.4 Å². The zero-order chi connectivity index (χ0) is 16.5. The number of halogens is 4. The van der Waals surface area contributed by atoms with Crippen LogP contribution in [0.15, 0.2) is 30.3 Å². The van der Waals surface area contributed by atoms with Crippen LogP contribution in [-0.2, 0) is 10.2 Å². The van der Waals surface area contributed by atoms with Crippen LogP contribution < -0.4 is 15.2 Å². The fourth-order valence-corrected chi connectivity index (χ4v) is 3.02. The summed E-state index contributed by atoms with van der Waals surface area (Å²) in [5, 5.41) is 7.69. The first-order valence-electron chi connectivity index (χ1n) is 5.68. The summed E-state index contributed by atoms with van der Waals surface area (Å²) in [5.41, 5.74) is -0.378. The normalized spacial score (nSPS) is 11.3. The molecule has 10 heteroatoms. The summed E-state index contributed by atoms with van der Waals surface area (Å²) in [7, 11) is -4.15. The predicted octanol–water partition coefficient (Wildman–Crippen LogP) is 3.58. The first-order chi connectivity index (χ1) is 10.2. The van der Waals surface area contributed by atoms with Gasteiger partial charge >= 0.3 is 0 Å². The number of nitrogens with one attached hydrogen (secondary N) is 2. The van der Waals surface area contributed by atoms with Crippen molar-refractivity contribution in [3.63, 3.8) is 0 Å². The Bertz CT molecular complexity index is 833. The van der Waals surface area contributed by atoms with Crippen LogP contribution in [0, 0.1) is 15.2 Å². The van der Waals surface area contributed by atoms with Gasteiger partial charge in [0.05, 0.1) is 16.4 Å². The van der Waals surface area contributed by atoms with Gasteiger partial charge in [0.25, 0.3) is 10.2 Å². The molecular formula is C12H9ClF2IN3O2S. The minimum absolute atomic E-state index is 0.240. The van der Waals surface area contributed by atoms with E-state index >= 15 is 0 Å². The van der Waals surface area contributed by atoms with Gasteiger partial charge in [0.15, 0.2) is 11.6 Å². The number of nitrogens with two attached hydrogens (primary N) is 1. The quantitative estimate of drug-likeness (QED) is 0.611. The third kappa shape index (κ3) is 4.18. The van der Waals surface area contributed by atoms with Gasteiger partial charge in [-0.05, 0) is 52.9 Å². The Labute approximate surface area is 144 Å². The van der Waals surface area contributed by atoms with Crippen molar-refractivity contribution < 1.29 is 17.2 Å². The summed E-state index contributed by atoms with van der Waals surface area (Å²) in [6.07, 6.45) is 0. The third-order valence-corrected chi connectivity index (χ3v) is 4.03. The van der Waals surface area contributed by atoms with Gasteiger partial charge in [-0.2, -0.15) is 8.42 Å². The molecule has 0 aliphatic carbocycles. The standard InChI is InChI=1S/C12H9ClF2IN3O2S/c13-7-5-6(16)1-3-9(7)18-12-10(19-22(17,20)21)4-2-8(14)11(12)15/h1-5,18-19H,(H2,17,20,21). The van der Waals surface area contributed by atoms with E-state index in [9.17, 15) is 17.2 Å². The summed E-state index contributed by atoms with van der Waals surface area (Å²) in [6.45, 7) is 0. The minimum Gasteiger partial charge on any atom is -0.350 e. The zero-order valence-electron chi connectivity index (χ0n) is 10.7.